The Balaban J connectivity index is 1.95. The maximum atomic E-state index is 12.1. The summed E-state index contributed by atoms with van der Waals surface area (Å²) < 4.78 is 11.9. The van der Waals surface area contributed by atoms with E-state index in [0.717, 1.165) is 0 Å². The third-order valence-electron chi connectivity index (χ3n) is 4.47. The third kappa shape index (κ3) is 3.62. The quantitative estimate of drug-likeness (QED) is 0.658. The number of carbonyl (C=O) groups is 1. The lowest BCUT2D eigenvalue weighted by molar-refractivity contribution is -0.124. The molecular weight excluding hydrogens is 296 g/mol. The molecule has 0 radical (unpaired) electrons. The monoisotopic (exact) mass is 322 g/mol. The molecule has 0 fully saturated rings. The number of amides is 1. The van der Waals surface area contributed by atoms with Crippen molar-refractivity contribution in [2.75, 3.05) is 17.7 Å². The smallest absolute Gasteiger partial charge is 0.265 e. The largest absolute Gasteiger partial charge is 0.478 e. The molecule has 0 saturated heterocycles. The van der Waals surface area contributed by atoms with Gasteiger partial charge in [0.2, 0.25) is 0 Å². The van der Waals surface area contributed by atoms with Gasteiger partial charge in [0.15, 0.2) is 14.4 Å². The van der Waals surface area contributed by atoms with Crippen LogP contribution in [0.2, 0.25) is 18.1 Å². The van der Waals surface area contributed by atoms with E-state index in [1.807, 2.05) is 0 Å². The van der Waals surface area contributed by atoms with Gasteiger partial charge in [0.1, 0.15) is 5.75 Å². The molecule has 0 saturated carbocycles. The average molecular weight is 322 g/mol. The van der Waals surface area contributed by atoms with E-state index in [4.69, 9.17) is 14.9 Å². The number of carbonyl (C=O) groups excluding carboxylic acids is 1. The first-order chi connectivity index (χ1) is 10.1. The molecule has 1 aliphatic heterocycles. The first-order valence-corrected chi connectivity index (χ1v) is 10.5. The van der Waals surface area contributed by atoms with E-state index in [1.54, 1.807) is 18.2 Å². The van der Waals surface area contributed by atoms with Gasteiger partial charge in [-0.1, -0.05) is 20.8 Å². The second-order valence-electron chi connectivity index (χ2n) is 7.25. The highest BCUT2D eigenvalue weighted by molar-refractivity contribution is 6.74. The molecule has 0 bridgehead atoms. The molecule has 0 spiro atoms. The third-order valence-corrected chi connectivity index (χ3v) is 9.01. The fourth-order valence-corrected chi connectivity index (χ4v) is 3.06. The molecule has 1 atom stereocenters. The van der Waals surface area contributed by atoms with Gasteiger partial charge in [0.25, 0.3) is 5.91 Å². The summed E-state index contributed by atoms with van der Waals surface area (Å²) in [6.45, 7) is 11.5. The molecule has 0 aliphatic carbocycles. The molecule has 122 valence electrons. The summed E-state index contributed by atoms with van der Waals surface area (Å²) in [5.74, 6) is 0.517. The van der Waals surface area contributed by atoms with E-state index < -0.39 is 14.4 Å². The highest BCUT2D eigenvalue weighted by Gasteiger charge is 2.37. The molecule has 0 aromatic heterocycles. The summed E-state index contributed by atoms with van der Waals surface area (Å²) in [4.78, 5) is 12.1. The SMILES string of the molecule is CC(C)(C)[Si](C)(C)OCCC1Oc2ccc(N)cc2NC1=O. The Bertz CT molecular complexity index is 567. The fraction of sp³-hybridized carbons (Fsp3) is 0.562. The van der Waals surface area contributed by atoms with E-state index in [1.165, 1.54) is 0 Å². The number of nitrogen functional groups attached to an aromatic ring is 1. The lowest BCUT2D eigenvalue weighted by atomic mass is 10.1. The van der Waals surface area contributed by atoms with Crippen molar-refractivity contribution in [1.29, 1.82) is 0 Å². The second-order valence-corrected chi connectivity index (χ2v) is 12.1. The van der Waals surface area contributed by atoms with E-state index in [2.05, 4.69) is 39.2 Å². The predicted octanol–water partition coefficient (Wildman–Crippen LogP) is 3.38. The molecule has 2 rings (SSSR count). The molecule has 22 heavy (non-hydrogen) atoms. The summed E-state index contributed by atoms with van der Waals surface area (Å²) in [5, 5.41) is 3.00. The Morgan fingerprint density at radius 1 is 1.36 bits per heavy atom. The molecule has 1 aliphatic rings. The van der Waals surface area contributed by atoms with Crippen LogP contribution >= 0.6 is 0 Å². The van der Waals surface area contributed by atoms with Crippen molar-refractivity contribution in [3.63, 3.8) is 0 Å². The van der Waals surface area contributed by atoms with Crippen LogP contribution in [0, 0.1) is 0 Å². The second kappa shape index (κ2) is 5.93. The lowest BCUT2D eigenvalue weighted by Gasteiger charge is -2.36. The van der Waals surface area contributed by atoms with Gasteiger partial charge in [-0.25, -0.2) is 0 Å². The minimum atomic E-state index is -1.79. The van der Waals surface area contributed by atoms with Gasteiger partial charge >= 0.3 is 0 Å². The number of benzene rings is 1. The van der Waals surface area contributed by atoms with Crippen LogP contribution in [0.5, 0.6) is 5.75 Å². The molecule has 1 aromatic rings. The molecule has 1 amide bonds. The van der Waals surface area contributed by atoms with Crippen molar-refractivity contribution in [2.24, 2.45) is 0 Å². The zero-order valence-corrected chi connectivity index (χ0v) is 15.0. The van der Waals surface area contributed by atoms with E-state index in [9.17, 15) is 4.79 Å². The number of hydrogen-bond acceptors (Lipinski definition) is 4. The molecule has 5 nitrogen and oxygen atoms in total. The number of fused-ring (bicyclic) bond motifs is 1. The van der Waals surface area contributed by atoms with Crippen molar-refractivity contribution >= 4 is 25.6 Å². The van der Waals surface area contributed by atoms with Crippen molar-refractivity contribution in [2.45, 2.75) is 51.4 Å². The zero-order valence-electron chi connectivity index (χ0n) is 14.0. The zero-order chi connectivity index (χ0) is 16.5. The fourth-order valence-electron chi connectivity index (χ4n) is 2.00. The number of rotatable bonds is 4. The number of hydrogen-bond donors (Lipinski definition) is 2. The van der Waals surface area contributed by atoms with Gasteiger partial charge in [0.05, 0.1) is 5.69 Å². The van der Waals surface area contributed by atoms with Crippen molar-refractivity contribution in [3.05, 3.63) is 18.2 Å². The molecule has 1 heterocycles. The van der Waals surface area contributed by atoms with Gasteiger partial charge in [-0.3, -0.25) is 4.79 Å². The maximum Gasteiger partial charge on any atom is 0.265 e. The van der Waals surface area contributed by atoms with Crippen LogP contribution in [0.1, 0.15) is 27.2 Å². The molecule has 6 heteroatoms. The number of ether oxygens (including phenoxy) is 1. The van der Waals surface area contributed by atoms with Gasteiger partial charge in [-0.15, -0.1) is 0 Å². The van der Waals surface area contributed by atoms with Crippen LogP contribution in [0.15, 0.2) is 18.2 Å². The predicted molar refractivity (Wildman–Crippen MR) is 91.7 cm³/mol. The van der Waals surface area contributed by atoms with Gasteiger partial charge < -0.3 is 20.2 Å². The minimum Gasteiger partial charge on any atom is -0.478 e. The van der Waals surface area contributed by atoms with Crippen LogP contribution in [-0.2, 0) is 9.22 Å². The topological polar surface area (TPSA) is 73.6 Å². The number of nitrogens with two attached hydrogens (primary N) is 1. The van der Waals surface area contributed by atoms with Crippen LogP contribution in [0.4, 0.5) is 11.4 Å². The maximum absolute atomic E-state index is 12.1. The summed E-state index contributed by atoms with van der Waals surface area (Å²) in [5.41, 5.74) is 6.94. The molecule has 1 unspecified atom stereocenters. The molecule has 3 N–H and O–H groups in total. The van der Waals surface area contributed by atoms with Crippen molar-refractivity contribution in [1.82, 2.24) is 0 Å². The number of anilines is 2. The highest BCUT2D eigenvalue weighted by Crippen LogP contribution is 2.37. The van der Waals surface area contributed by atoms with E-state index in [-0.39, 0.29) is 10.9 Å². The molecular formula is C16H26N2O3Si. The highest BCUT2D eigenvalue weighted by atomic mass is 28.4. The summed E-state index contributed by atoms with van der Waals surface area (Å²) >= 11 is 0. The van der Waals surface area contributed by atoms with Gasteiger partial charge in [-0.2, -0.15) is 0 Å². The van der Waals surface area contributed by atoms with Gasteiger partial charge in [-0.05, 0) is 36.3 Å². The Hall–Kier alpha value is -1.53. The Morgan fingerprint density at radius 3 is 2.68 bits per heavy atom. The number of nitrogens with one attached hydrogen (secondary N) is 1. The first-order valence-electron chi connectivity index (χ1n) is 7.61. The van der Waals surface area contributed by atoms with Crippen molar-refractivity contribution in [3.8, 4) is 5.75 Å². The summed E-state index contributed by atoms with van der Waals surface area (Å²) in [7, 11) is -1.79. The van der Waals surface area contributed by atoms with Crippen LogP contribution in [0.25, 0.3) is 0 Å². The normalized spacial score (nSPS) is 18.4. The van der Waals surface area contributed by atoms with E-state index >= 15 is 0 Å². The summed E-state index contributed by atoms with van der Waals surface area (Å²) in [6, 6.07) is 5.25. The minimum absolute atomic E-state index is 0.142. The summed E-state index contributed by atoms with van der Waals surface area (Å²) in [6.07, 6.45) is 0.0307. The van der Waals surface area contributed by atoms with Crippen LogP contribution in [0.3, 0.4) is 0 Å². The standard InChI is InChI=1S/C16H26N2O3Si/c1-16(2,3)22(4,5)20-9-8-14-15(19)18-12-10-11(17)6-7-13(12)21-14/h6-7,10,14H,8-9,17H2,1-5H3,(H,18,19). The molecule has 1 aromatic carbocycles. The average Bonchev–Trinajstić information content (AvgIpc) is 2.38. The first kappa shape index (κ1) is 16.8. The van der Waals surface area contributed by atoms with Crippen LogP contribution < -0.4 is 15.8 Å². The van der Waals surface area contributed by atoms with E-state index in [0.29, 0.717) is 30.2 Å². The lowest BCUT2D eigenvalue weighted by Crippen LogP contribution is -2.43. The van der Waals surface area contributed by atoms with Gasteiger partial charge in [0, 0.05) is 18.7 Å². The van der Waals surface area contributed by atoms with Crippen LogP contribution in [-0.4, -0.2) is 26.9 Å². The van der Waals surface area contributed by atoms with Crippen molar-refractivity contribution < 1.29 is 14.0 Å². The Kier molecular flexibility index (Phi) is 4.53. The Morgan fingerprint density at radius 2 is 2.05 bits per heavy atom. The Labute approximate surface area is 133 Å².